The summed E-state index contributed by atoms with van der Waals surface area (Å²) in [6.45, 7) is 2.32. The minimum atomic E-state index is -4.27. The summed E-state index contributed by atoms with van der Waals surface area (Å²) in [4.78, 5) is 6.25. The SMILES string of the molecule is C[I-]c1ccc2nc(CC(C)(C)C(F)(F)F)oc2c1. The van der Waals surface area contributed by atoms with E-state index in [0.717, 1.165) is 13.8 Å². The molecule has 0 aliphatic rings. The molecule has 1 heterocycles. The number of nitrogens with zero attached hydrogens (tertiary/aromatic N) is 1. The zero-order chi connectivity index (χ0) is 14.3. The number of hydrogen-bond donors (Lipinski definition) is 0. The first-order chi connectivity index (χ1) is 8.73. The molecule has 2 rings (SSSR count). The maximum atomic E-state index is 12.8. The maximum absolute atomic E-state index is 12.8. The number of fused-ring (bicyclic) bond motifs is 1. The van der Waals surface area contributed by atoms with Gasteiger partial charge < -0.3 is 0 Å². The molecule has 0 saturated heterocycles. The van der Waals surface area contributed by atoms with Gasteiger partial charge in [0.15, 0.2) is 0 Å². The van der Waals surface area contributed by atoms with Crippen molar-refractivity contribution in [3.05, 3.63) is 27.7 Å². The van der Waals surface area contributed by atoms with E-state index in [1.807, 2.05) is 18.2 Å². The first kappa shape index (κ1) is 14.6. The summed E-state index contributed by atoms with van der Waals surface area (Å²) >= 11 is -0.0705. The van der Waals surface area contributed by atoms with Crippen molar-refractivity contribution in [3.63, 3.8) is 0 Å². The van der Waals surface area contributed by atoms with Gasteiger partial charge in [-0.25, -0.2) is 0 Å². The zero-order valence-electron chi connectivity index (χ0n) is 10.8. The van der Waals surface area contributed by atoms with Crippen LogP contribution in [0, 0.1) is 8.99 Å². The fourth-order valence-electron chi connectivity index (χ4n) is 1.62. The molecule has 0 atom stereocenters. The van der Waals surface area contributed by atoms with Crippen molar-refractivity contribution in [1.82, 2.24) is 4.98 Å². The number of aromatic nitrogens is 1. The fraction of sp³-hybridized carbons (Fsp3) is 0.462. The quantitative estimate of drug-likeness (QED) is 0.580. The molecule has 0 aliphatic carbocycles. The standard InChI is InChI=1S/C13H14F3INO/c1-12(2,13(14,15)16)7-11-18-9-5-4-8(17-3)6-10(9)19-11/h4-6H,7H2,1-3H3/q-1. The number of hydrogen-bond acceptors (Lipinski definition) is 2. The minimum absolute atomic E-state index is 0.0705. The van der Waals surface area contributed by atoms with Crippen LogP contribution in [0.2, 0.25) is 0 Å². The van der Waals surface area contributed by atoms with E-state index in [2.05, 4.69) is 9.91 Å². The molecular formula is C13H14F3INO-. The van der Waals surface area contributed by atoms with Crippen LogP contribution in [0.25, 0.3) is 11.1 Å². The van der Waals surface area contributed by atoms with Gasteiger partial charge in [-0.05, 0) is 0 Å². The van der Waals surface area contributed by atoms with Crippen molar-refractivity contribution in [2.75, 3.05) is 4.93 Å². The number of benzene rings is 1. The second-order valence-electron chi connectivity index (χ2n) is 4.97. The summed E-state index contributed by atoms with van der Waals surface area (Å²) in [5.74, 6) is 0.142. The molecule has 106 valence electrons. The van der Waals surface area contributed by atoms with Gasteiger partial charge >= 0.3 is 119 Å². The first-order valence-electron chi connectivity index (χ1n) is 5.68. The molecule has 6 heteroatoms. The van der Waals surface area contributed by atoms with E-state index in [-0.39, 0.29) is 33.5 Å². The van der Waals surface area contributed by atoms with E-state index in [4.69, 9.17) is 4.42 Å². The molecule has 1 aromatic carbocycles. The van der Waals surface area contributed by atoms with Gasteiger partial charge in [0.25, 0.3) is 0 Å². The van der Waals surface area contributed by atoms with E-state index < -0.39 is 11.6 Å². The van der Waals surface area contributed by atoms with E-state index in [1.165, 1.54) is 3.57 Å². The van der Waals surface area contributed by atoms with Crippen molar-refractivity contribution in [3.8, 4) is 0 Å². The fourth-order valence-corrected chi connectivity index (χ4v) is 2.75. The molecule has 0 spiro atoms. The topological polar surface area (TPSA) is 26.0 Å². The summed E-state index contributed by atoms with van der Waals surface area (Å²) in [6, 6.07) is 5.64. The third kappa shape index (κ3) is 3.04. The van der Waals surface area contributed by atoms with Gasteiger partial charge in [0.2, 0.25) is 0 Å². The summed E-state index contributed by atoms with van der Waals surface area (Å²) in [5.41, 5.74) is -0.643. The van der Waals surface area contributed by atoms with Crippen LogP contribution in [0.3, 0.4) is 0 Å². The summed E-state index contributed by atoms with van der Waals surface area (Å²) < 4.78 is 45.1. The van der Waals surface area contributed by atoms with E-state index in [9.17, 15) is 13.2 Å². The Bertz CT molecular complexity index is 589. The second kappa shape index (κ2) is 4.96. The number of halogens is 4. The van der Waals surface area contributed by atoms with E-state index in [0.29, 0.717) is 11.1 Å². The van der Waals surface area contributed by atoms with E-state index >= 15 is 0 Å². The van der Waals surface area contributed by atoms with Gasteiger partial charge in [0, 0.05) is 0 Å². The normalized spacial score (nSPS) is 13.4. The molecule has 2 aromatic rings. The Kier molecular flexibility index (Phi) is 3.81. The van der Waals surface area contributed by atoms with Gasteiger partial charge in [-0.1, -0.05) is 0 Å². The molecule has 19 heavy (non-hydrogen) atoms. The molecule has 0 amide bonds. The number of alkyl halides is 4. The molecule has 1 aromatic heterocycles. The molecule has 0 fully saturated rings. The summed E-state index contributed by atoms with van der Waals surface area (Å²) in [7, 11) is 0. The molecular weight excluding hydrogens is 370 g/mol. The van der Waals surface area contributed by atoms with Crippen LogP contribution in [0.15, 0.2) is 22.6 Å². The molecule has 0 saturated carbocycles. The summed E-state index contributed by atoms with van der Waals surface area (Å²) in [6.07, 6.45) is -4.52. The Morgan fingerprint density at radius 3 is 2.53 bits per heavy atom. The predicted octanol–water partition coefficient (Wildman–Crippen LogP) is 0.847. The van der Waals surface area contributed by atoms with Crippen molar-refractivity contribution < 1.29 is 38.8 Å². The monoisotopic (exact) mass is 384 g/mol. The van der Waals surface area contributed by atoms with Crippen molar-refractivity contribution in [2.24, 2.45) is 5.41 Å². The van der Waals surface area contributed by atoms with Crippen molar-refractivity contribution in [1.29, 1.82) is 0 Å². The van der Waals surface area contributed by atoms with Gasteiger partial charge in [-0.15, -0.1) is 0 Å². The van der Waals surface area contributed by atoms with Gasteiger partial charge in [0.05, 0.1) is 0 Å². The summed E-state index contributed by atoms with van der Waals surface area (Å²) in [5, 5.41) is 0. The van der Waals surface area contributed by atoms with Crippen molar-refractivity contribution in [2.45, 2.75) is 26.4 Å². The van der Waals surface area contributed by atoms with Crippen LogP contribution in [-0.2, 0) is 6.42 Å². The first-order valence-corrected chi connectivity index (χ1v) is 8.92. The second-order valence-corrected chi connectivity index (χ2v) is 7.29. The molecule has 0 unspecified atom stereocenters. The Morgan fingerprint density at radius 1 is 1.26 bits per heavy atom. The van der Waals surface area contributed by atoms with Crippen LogP contribution < -0.4 is 21.2 Å². The predicted molar refractivity (Wildman–Crippen MR) is 62.2 cm³/mol. The van der Waals surface area contributed by atoms with Crippen molar-refractivity contribution >= 4 is 11.1 Å². The third-order valence-electron chi connectivity index (χ3n) is 2.97. The van der Waals surface area contributed by atoms with Gasteiger partial charge in [0.1, 0.15) is 0 Å². The van der Waals surface area contributed by atoms with Crippen LogP contribution in [0.5, 0.6) is 0 Å². The molecule has 0 radical (unpaired) electrons. The Hall–Kier alpha value is -0.790. The Balaban J connectivity index is 2.32. The van der Waals surface area contributed by atoms with Gasteiger partial charge in [-0.2, -0.15) is 0 Å². The van der Waals surface area contributed by atoms with E-state index in [1.54, 1.807) is 0 Å². The van der Waals surface area contributed by atoms with Gasteiger partial charge in [-0.3, -0.25) is 0 Å². The average molecular weight is 384 g/mol. The molecule has 2 nitrogen and oxygen atoms in total. The van der Waals surface area contributed by atoms with Crippen LogP contribution in [0.1, 0.15) is 19.7 Å². The van der Waals surface area contributed by atoms with Crippen LogP contribution in [0.4, 0.5) is 13.2 Å². The zero-order valence-corrected chi connectivity index (χ0v) is 13.0. The average Bonchev–Trinajstić information content (AvgIpc) is 2.67. The molecule has 0 bridgehead atoms. The number of rotatable bonds is 3. The third-order valence-corrected chi connectivity index (χ3v) is 4.89. The molecule has 0 aliphatic heterocycles. The van der Waals surface area contributed by atoms with Crippen LogP contribution in [-0.4, -0.2) is 16.1 Å². The Labute approximate surface area is 119 Å². The van der Waals surface area contributed by atoms with Crippen LogP contribution >= 0.6 is 0 Å². The number of oxazole rings is 1. The Morgan fingerprint density at radius 2 is 1.95 bits per heavy atom. The molecule has 0 N–H and O–H groups in total.